The molecule has 0 N–H and O–H groups in total. The summed E-state index contributed by atoms with van der Waals surface area (Å²) in [5.41, 5.74) is 0.312. The molecule has 14 heavy (non-hydrogen) atoms. The molecule has 0 spiro atoms. The number of rotatable bonds is 3. The average Bonchev–Trinajstić information content (AvgIpc) is 2.19. The summed E-state index contributed by atoms with van der Waals surface area (Å²) in [6.07, 6.45) is 0. The van der Waals surface area contributed by atoms with Crippen molar-refractivity contribution in [1.82, 2.24) is 0 Å². The number of alkyl halides is 1. The number of Topliss-reactive ketones (excluding diaryl/α,β-unsaturated/α-hetero) is 1. The van der Waals surface area contributed by atoms with Gasteiger partial charge in [0.15, 0.2) is 5.78 Å². The van der Waals surface area contributed by atoms with E-state index in [1.807, 2.05) is 0 Å². The number of carbonyl (C=O) groups excluding carboxylic acids is 1. The van der Waals surface area contributed by atoms with Crippen LogP contribution < -0.4 is 4.74 Å². The molecule has 76 valence electrons. The summed E-state index contributed by atoms with van der Waals surface area (Å²) in [4.78, 5) is 11.3. The molecule has 1 rings (SSSR count). The van der Waals surface area contributed by atoms with Crippen molar-refractivity contribution in [1.29, 1.82) is 0 Å². The Kier molecular flexibility index (Phi) is 4.05. The van der Waals surface area contributed by atoms with Crippen molar-refractivity contribution in [2.45, 2.75) is 0 Å². The average molecular weight is 254 g/mol. The summed E-state index contributed by atoms with van der Waals surface area (Å²) in [5, 5.41) is 0.627. The second-order valence-electron chi connectivity index (χ2n) is 2.52. The minimum atomic E-state index is -0.263. The molecule has 1 aromatic carbocycles. The highest BCUT2D eigenvalue weighted by atomic mass is 35.5. The lowest BCUT2D eigenvalue weighted by atomic mass is 10.1. The Hall–Kier alpha value is -0.440. The fourth-order valence-corrected chi connectivity index (χ4v) is 1.61. The van der Waals surface area contributed by atoms with Crippen molar-refractivity contribution in [3.8, 4) is 5.75 Å². The summed E-state index contributed by atoms with van der Waals surface area (Å²) >= 11 is 17.1. The smallest absolute Gasteiger partial charge is 0.179 e. The van der Waals surface area contributed by atoms with Crippen LogP contribution in [0.4, 0.5) is 0 Å². The Morgan fingerprint density at radius 2 is 2.00 bits per heavy atom. The summed E-state index contributed by atoms with van der Waals surface area (Å²) in [5.74, 6) is 0.0477. The van der Waals surface area contributed by atoms with Gasteiger partial charge in [-0.2, -0.15) is 0 Å². The van der Waals surface area contributed by atoms with E-state index in [9.17, 15) is 4.79 Å². The van der Waals surface area contributed by atoms with Gasteiger partial charge in [0, 0.05) is 11.6 Å². The largest absolute Gasteiger partial charge is 0.495 e. The molecule has 0 radical (unpaired) electrons. The van der Waals surface area contributed by atoms with E-state index in [1.54, 1.807) is 0 Å². The van der Waals surface area contributed by atoms with Gasteiger partial charge in [0.1, 0.15) is 5.75 Å². The Balaban J connectivity index is 3.21. The molecule has 0 atom stereocenters. The molecule has 0 aromatic heterocycles. The predicted octanol–water partition coefficient (Wildman–Crippen LogP) is 3.42. The molecule has 0 unspecified atom stereocenters. The second kappa shape index (κ2) is 4.87. The second-order valence-corrected chi connectivity index (χ2v) is 3.61. The zero-order valence-electron chi connectivity index (χ0n) is 7.31. The standard InChI is InChI=1S/C9H7Cl3O2/c1-14-9-3-6(11)5(2-7(9)12)8(13)4-10/h2-3H,4H2,1H3. The van der Waals surface area contributed by atoms with Gasteiger partial charge in [-0.1, -0.05) is 23.2 Å². The van der Waals surface area contributed by atoms with Crippen molar-refractivity contribution >= 4 is 40.6 Å². The number of carbonyl (C=O) groups is 1. The quantitative estimate of drug-likeness (QED) is 0.609. The Morgan fingerprint density at radius 1 is 1.36 bits per heavy atom. The van der Waals surface area contributed by atoms with Crippen LogP contribution in [-0.2, 0) is 0 Å². The van der Waals surface area contributed by atoms with Crippen LogP contribution in [-0.4, -0.2) is 18.8 Å². The van der Waals surface area contributed by atoms with E-state index in [0.717, 1.165) is 0 Å². The van der Waals surface area contributed by atoms with Crippen molar-refractivity contribution in [3.63, 3.8) is 0 Å². The van der Waals surface area contributed by atoms with Gasteiger partial charge in [0.05, 0.1) is 23.0 Å². The lowest BCUT2D eigenvalue weighted by molar-refractivity contribution is 0.102. The molecule has 2 nitrogen and oxygen atoms in total. The van der Waals surface area contributed by atoms with Gasteiger partial charge < -0.3 is 4.74 Å². The zero-order valence-corrected chi connectivity index (χ0v) is 9.58. The molecule has 0 aliphatic heterocycles. The molecule has 1 aromatic rings. The van der Waals surface area contributed by atoms with E-state index < -0.39 is 0 Å². The maximum atomic E-state index is 11.3. The summed E-state index contributed by atoms with van der Waals surface area (Å²) in [7, 11) is 1.47. The molecule has 0 aliphatic carbocycles. The van der Waals surface area contributed by atoms with E-state index in [0.29, 0.717) is 16.3 Å². The van der Waals surface area contributed by atoms with Gasteiger partial charge in [-0.25, -0.2) is 0 Å². The van der Waals surface area contributed by atoms with Gasteiger partial charge in [-0.3, -0.25) is 4.79 Å². The van der Waals surface area contributed by atoms with Gasteiger partial charge in [-0.05, 0) is 6.07 Å². The van der Waals surface area contributed by atoms with Crippen LogP contribution in [0.15, 0.2) is 12.1 Å². The number of hydrogen-bond donors (Lipinski definition) is 0. The molecule has 0 saturated carbocycles. The lowest BCUT2D eigenvalue weighted by Crippen LogP contribution is -2.01. The number of methoxy groups -OCH3 is 1. The summed E-state index contributed by atoms with van der Waals surface area (Å²) in [6, 6.07) is 2.94. The van der Waals surface area contributed by atoms with E-state index in [-0.39, 0.29) is 16.7 Å². The van der Waals surface area contributed by atoms with Crippen LogP contribution >= 0.6 is 34.8 Å². The zero-order chi connectivity index (χ0) is 10.7. The predicted molar refractivity (Wildman–Crippen MR) is 58.1 cm³/mol. The first-order valence-electron chi connectivity index (χ1n) is 3.72. The van der Waals surface area contributed by atoms with E-state index in [2.05, 4.69) is 0 Å². The third-order valence-corrected chi connectivity index (χ3v) is 2.51. The fraction of sp³-hybridized carbons (Fsp3) is 0.222. The first-order chi connectivity index (χ1) is 6.60. The third kappa shape index (κ3) is 2.32. The maximum absolute atomic E-state index is 11.3. The number of halogens is 3. The maximum Gasteiger partial charge on any atom is 0.179 e. The fourth-order valence-electron chi connectivity index (χ4n) is 0.971. The molecular formula is C9H7Cl3O2. The van der Waals surface area contributed by atoms with Crippen molar-refractivity contribution in [2.24, 2.45) is 0 Å². The minimum Gasteiger partial charge on any atom is -0.495 e. The SMILES string of the molecule is COc1cc(Cl)c(C(=O)CCl)cc1Cl. The number of ketones is 1. The molecule has 0 bridgehead atoms. The Labute approximate surface area is 96.7 Å². The van der Waals surface area contributed by atoms with E-state index in [4.69, 9.17) is 39.5 Å². The topological polar surface area (TPSA) is 26.3 Å². The first-order valence-corrected chi connectivity index (χ1v) is 5.01. The van der Waals surface area contributed by atoms with Gasteiger partial charge in [0.25, 0.3) is 0 Å². The van der Waals surface area contributed by atoms with Gasteiger partial charge in [-0.15, -0.1) is 11.6 Å². The molecule has 0 saturated heterocycles. The summed E-state index contributed by atoms with van der Waals surface area (Å²) < 4.78 is 4.93. The monoisotopic (exact) mass is 252 g/mol. The molecule has 0 heterocycles. The molecular weight excluding hydrogens is 246 g/mol. The highest BCUT2D eigenvalue weighted by Gasteiger charge is 2.13. The normalized spacial score (nSPS) is 10.0. The molecule has 0 amide bonds. The van der Waals surface area contributed by atoms with E-state index in [1.165, 1.54) is 19.2 Å². The van der Waals surface area contributed by atoms with Crippen LogP contribution in [0.1, 0.15) is 10.4 Å². The van der Waals surface area contributed by atoms with Gasteiger partial charge >= 0.3 is 0 Å². The third-order valence-electron chi connectivity index (χ3n) is 1.66. The van der Waals surface area contributed by atoms with Gasteiger partial charge in [0.2, 0.25) is 0 Å². The number of hydrogen-bond acceptors (Lipinski definition) is 2. The highest BCUT2D eigenvalue weighted by Crippen LogP contribution is 2.31. The Morgan fingerprint density at radius 3 is 2.50 bits per heavy atom. The van der Waals surface area contributed by atoms with Crippen LogP contribution in [0.25, 0.3) is 0 Å². The van der Waals surface area contributed by atoms with Crippen molar-refractivity contribution in [3.05, 3.63) is 27.7 Å². The lowest BCUT2D eigenvalue weighted by Gasteiger charge is -2.06. The summed E-state index contributed by atoms with van der Waals surface area (Å²) in [6.45, 7) is 0. The van der Waals surface area contributed by atoms with Crippen LogP contribution in [0.5, 0.6) is 5.75 Å². The van der Waals surface area contributed by atoms with Crippen molar-refractivity contribution < 1.29 is 9.53 Å². The van der Waals surface area contributed by atoms with Crippen LogP contribution in [0, 0.1) is 0 Å². The van der Waals surface area contributed by atoms with E-state index >= 15 is 0 Å². The highest BCUT2D eigenvalue weighted by molar-refractivity contribution is 6.39. The molecule has 0 aliphatic rings. The van der Waals surface area contributed by atoms with Crippen LogP contribution in [0.2, 0.25) is 10.0 Å². The number of benzene rings is 1. The molecule has 0 fully saturated rings. The number of ether oxygens (including phenoxy) is 1. The van der Waals surface area contributed by atoms with Crippen molar-refractivity contribution in [2.75, 3.05) is 13.0 Å². The first kappa shape index (κ1) is 11.6. The van der Waals surface area contributed by atoms with Crippen LogP contribution in [0.3, 0.4) is 0 Å². The minimum absolute atomic E-state index is 0.123. The molecule has 5 heteroatoms. The Bertz CT molecular complexity index is 363.